The summed E-state index contributed by atoms with van der Waals surface area (Å²) < 4.78 is 7.68. The van der Waals surface area contributed by atoms with E-state index in [0.29, 0.717) is 5.92 Å². The minimum Gasteiger partial charge on any atom is -0.493 e. The van der Waals surface area contributed by atoms with Crippen molar-refractivity contribution in [3.8, 4) is 11.8 Å². The van der Waals surface area contributed by atoms with Crippen LogP contribution < -0.4 is 4.74 Å². The molecule has 2 heterocycles. The summed E-state index contributed by atoms with van der Waals surface area (Å²) in [7, 11) is 0. The van der Waals surface area contributed by atoms with Crippen LogP contribution >= 0.6 is 0 Å². The van der Waals surface area contributed by atoms with Crippen LogP contribution in [0, 0.1) is 11.3 Å². The minimum atomic E-state index is 0.425. The molecule has 0 bridgehead atoms. The van der Waals surface area contributed by atoms with E-state index < -0.39 is 0 Å². The van der Waals surface area contributed by atoms with Crippen LogP contribution in [0.2, 0.25) is 0 Å². The van der Waals surface area contributed by atoms with Gasteiger partial charge in [-0.25, -0.2) is 0 Å². The molecular weight excluding hydrogens is 224 g/mol. The molecule has 0 fully saturated rings. The molecule has 0 aliphatic carbocycles. The fraction of sp³-hybridized carbons (Fsp3) is 0.267. The third kappa shape index (κ3) is 1.86. The van der Waals surface area contributed by atoms with Crippen LogP contribution in [-0.4, -0.2) is 11.2 Å². The predicted octanol–water partition coefficient (Wildman–Crippen LogP) is 2.93. The van der Waals surface area contributed by atoms with Crippen molar-refractivity contribution in [3.63, 3.8) is 0 Å². The average Bonchev–Trinajstić information content (AvgIpc) is 2.86. The summed E-state index contributed by atoms with van der Waals surface area (Å²) in [6.45, 7) is 1.60. The Kier molecular flexibility index (Phi) is 2.77. The molecule has 1 atom stereocenters. The van der Waals surface area contributed by atoms with Crippen molar-refractivity contribution < 1.29 is 4.74 Å². The molecule has 3 heteroatoms. The number of ether oxygens (including phenoxy) is 1. The van der Waals surface area contributed by atoms with Gasteiger partial charge in [0, 0.05) is 18.7 Å². The lowest BCUT2D eigenvalue weighted by atomic mass is 9.93. The smallest absolute Gasteiger partial charge is 0.122 e. The van der Waals surface area contributed by atoms with Gasteiger partial charge in [0.1, 0.15) is 17.5 Å². The van der Waals surface area contributed by atoms with Crippen LogP contribution in [0.3, 0.4) is 0 Å². The van der Waals surface area contributed by atoms with E-state index in [9.17, 15) is 0 Å². The van der Waals surface area contributed by atoms with Crippen molar-refractivity contribution in [2.45, 2.75) is 18.9 Å². The third-order valence-corrected chi connectivity index (χ3v) is 3.44. The highest BCUT2D eigenvalue weighted by molar-refractivity contribution is 5.38. The maximum absolute atomic E-state index is 9.04. The summed E-state index contributed by atoms with van der Waals surface area (Å²) in [6, 6.07) is 14.2. The highest BCUT2D eigenvalue weighted by Crippen LogP contribution is 2.34. The topological polar surface area (TPSA) is 38.0 Å². The Bertz CT molecular complexity index is 595. The highest BCUT2D eigenvalue weighted by Gasteiger charge is 2.21. The molecule has 3 rings (SSSR count). The second kappa shape index (κ2) is 4.58. The lowest BCUT2D eigenvalue weighted by molar-refractivity contribution is 0.259. The fourth-order valence-corrected chi connectivity index (χ4v) is 2.52. The van der Waals surface area contributed by atoms with Gasteiger partial charge in [-0.2, -0.15) is 5.26 Å². The van der Waals surface area contributed by atoms with Crippen molar-refractivity contribution in [2.24, 2.45) is 0 Å². The Morgan fingerprint density at radius 2 is 2.17 bits per heavy atom. The van der Waals surface area contributed by atoms with Crippen molar-refractivity contribution in [3.05, 3.63) is 53.9 Å². The molecule has 0 N–H and O–H groups in total. The summed E-state index contributed by atoms with van der Waals surface area (Å²) in [5.41, 5.74) is 1.97. The molecule has 2 aromatic rings. The second-order valence-corrected chi connectivity index (χ2v) is 4.53. The Morgan fingerprint density at radius 1 is 1.28 bits per heavy atom. The van der Waals surface area contributed by atoms with Gasteiger partial charge in [0.05, 0.1) is 6.61 Å². The SMILES string of the molecule is N#Cc1cccn1CC1CCOc2ccccc21. The molecule has 1 unspecified atom stereocenters. The van der Waals surface area contributed by atoms with Crippen LogP contribution in [0.25, 0.3) is 0 Å². The van der Waals surface area contributed by atoms with Gasteiger partial charge in [-0.3, -0.25) is 0 Å². The van der Waals surface area contributed by atoms with Gasteiger partial charge in [-0.1, -0.05) is 18.2 Å². The summed E-state index contributed by atoms with van der Waals surface area (Å²) >= 11 is 0. The zero-order chi connectivity index (χ0) is 12.4. The van der Waals surface area contributed by atoms with Crippen LogP contribution in [0.1, 0.15) is 23.6 Å². The lowest BCUT2D eigenvalue weighted by Gasteiger charge is -2.26. The number of hydrogen-bond acceptors (Lipinski definition) is 2. The Balaban J connectivity index is 1.89. The first-order chi connectivity index (χ1) is 8.88. The maximum atomic E-state index is 9.04. The van der Waals surface area contributed by atoms with Crippen molar-refractivity contribution >= 4 is 0 Å². The van der Waals surface area contributed by atoms with Gasteiger partial charge in [-0.15, -0.1) is 0 Å². The van der Waals surface area contributed by atoms with Gasteiger partial charge in [0.15, 0.2) is 0 Å². The van der Waals surface area contributed by atoms with E-state index >= 15 is 0 Å². The molecule has 0 amide bonds. The monoisotopic (exact) mass is 238 g/mol. The maximum Gasteiger partial charge on any atom is 0.122 e. The first-order valence-electron chi connectivity index (χ1n) is 6.15. The van der Waals surface area contributed by atoms with E-state index in [-0.39, 0.29) is 0 Å². The van der Waals surface area contributed by atoms with E-state index in [0.717, 1.165) is 31.0 Å². The van der Waals surface area contributed by atoms with Gasteiger partial charge >= 0.3 is 0 Å². The largest absolute Gasteiger partial charge is 0.493 e. The van der Waals surface area contributed by atoms with Gasteiger partial charge in [-0.05, 0) is 30.2 Å². The van der Waals surface area contributed by atoms with Crippen molar-refractivity contribution in [2.75, 3.05) is 6.61 Å². The fourth-order valence-electron chi connectivity index (χ4n) is 2.52. The first-order valence-corrected chi connectivity index (χ1v) is 6.15. The van der Waals surface area contributed by atoms with Crippen LogP contribution in [0.4, 0.5) is 0 Å². The molecule has 0 spiro atoms. The molecule has 0 radical (unpaired) electrons. The molecule has 1 aromatic carbocycles. The number of nitriles is 1. The molecule has 18 heavy (non-hydrogen) atoms. The predicted molar refractivity (Wildman–Crippen MR) is 68.4 cm³/mol. The van der Waals surface area contributed by atoms with Gasteiger partial charge in [0.2, 0.25) is 0 Å². The van der Waals surface area contributed by atoms with Crippen LogP contribution in [-0.2, 0) is 6.54 Å². The van der Waals surface area contributed by atoms with E-state index in [1.807, 2.05) is 41.1 Å². The number of rotatable bonds is 2. The third-order valence-electron chi connectivity index (χ3n) is 3.44. The molecule has 0 saturated carbocycles. The second-order valence-electron chi connectivity index (χ2n) is 4.53. The van der Waals surface area contributed by atoms with E-state index in [1.54, 1.807) is 0 Å². The molecule has 1 aliphatic heterocycles. The number of nitrogens with zero attached hydrogens (tertiary/aromatic N) is 2. The zero-order valence-electron chi connectivity index (χ0n) is 10.0. The van der Waals surface area contributed by atoms with Gasteiger partial charge < -0.3 is 9.30 Å². The summed E-state index contributed by atoms with van der Waals surface area (Å²) in [5.74, 6) is 1.41. The van der Waals surface area contributed by atoms with Gasteiger partial charge in [0.25, 0.3) is 0 Å². The number of para-hydroxylation sites is 1. The highest BCUT2D eigenvalue weighted by atomic mass is 16.5. The molecule has 90 valence electrons. The van der Waals surface area contributed by atoms with Crippen molar-refractivity contribution in [1.82, 2.24) is 4.57 Å². The van der Waals surface area contributed by atoms with E-state index in [4.69, 9.17) is 10.00 Å². The average molecular weight is 238 g/mol. The molecule has 1 aliphatic rings. The van der Waals surface area contributed by atoms with Crippen LogP contribution in [0.5, 0.6) is 5.75 Å². The Morgan fingerprint density at radius 3 is 3.06 bits per heavy atom. The standard InChI is InChI=1S/C15H14N2O/c16-10-13-4-3-8-17(13)11-12-7-9-18-15-6-2-1-5-14(12)15/h1-6,8,12H,7,9,11H2. The lowest BCUT2D eigenvalue weighted by Crippen LogP contribution is -2.18. The number of hydrogen-bond donors (Lipinski definition) is 0. The quantitative estimate of drug-likeness (QED) is 0.806. The summed E-state index contributed by atoms with van der Waals surface area (Å²) in [5, 5.41) is 9.04. The zero-order valence-corrected chi connectivity index (χ0v) is 10.0. The Hall–Kier alpha value is -2.21. The normalized spacial score (nSPS) is 17.6. The molecule has 3 nitrogen and oxygen atoms in total. The first kappa shape index (κ1) is 10.9. The Labute approximate surface area is 106 Å². The summed E-state index contributed by atoms with van der Waals surface area (Å²) in [6.07, 6.45) is 2.97. The number of fused-ring (bicyclic) bond motifs is 1. The molecule has 1 aromatic heterocycles. The van der Waals surface area contributed by atoms with Crippen molar-refractivity contribution in [1.29, 1.82) is 5.26 Å². The summed E-state index contributed by atoms with van der Waals surface area (Å²) in [4.78, 5) is 0. The molecular formula is C15H14N2O. The van der Waals surface area contributed by atoms with E-state index in [2.05, 4.69) is 12.1 Å². The molecule has 0 saturated heterocycles. The number of aromatic nitrogens is 1. The minimum absolute atomic E-state index is 0.425. The van der Waals surface area contributed by atoms with Crippen LogP contribution in [0.15, 0.2) is 42.6 Å². The van der Waals surface area contributed by atoms with E-state index in [1.165, 1.54) is 5.56 Å². The number of benzene rings is 1.